The predicted molar refractivity (Wildman–Crippen MR) is 47.3 cm³/mol. The summed E-state index contributed by atoms with van der Waals surface area (Å²) >= 11 is 0. The lowest BCUT2D eigenvalue weighted by Gasteiger charge is -2.24. The fourth-order valence-electron chi connectivity index (χ4n) is 2.05. The molecule has 2 rings (SSSR count). The van der Waals surface area contributed by atoms with E-state index < -0.39 is 6.29 Å². The third-order valence-corrected chi connectivity index (χ3v) is 2.61. The van der Waals surface area contributed by atoms with Crippen LogP contribution in [0.1, 0.15) is 20.3 Å². The van der Waals surface area contributed by atoms with Gasteiger partial charge >= 0.3 is 0 Å². The van der Waals surface area contributed by atoms with Gasteiger partial charge in [-0.05, 0) is 13.8 Å². The average Bonchev–Trinajstić information content (AvgIpc) is 2.40. The van der Waals surface area contributed by atoms with Gasteiger partial charge in [-0.2, -0.15) is 0 Å². The molecule has 0 aromatic heterocycles. The molecule has 4 nitrogen and oxygen atoms in total. The number of allylic oxidation sites excluding steroid dienone is 1. The highest BCUT2D eigenvalue weighted by molar-refractivity contribution is 5.96. The Morgan fingerprint density at radius 2 is 2.21 bits per heavy atom. The zero-order valence-corrected chi connectivity index (χ0v) is 8.20. The van der Waals surface area contributed by atoms with Crippen molar-refractivity contribution >= 4 is 11.6 Å². The van der Waals surface area contributed by atoms with Crippen LogP contribution in [0.15, 0.2) is 11.3 Å². The van der Waals surface area contributed by atoms with Gasteiger partial charge in [0.2, 0.25) is 6.29 Å². The summed E-state index contributed by atoms with van der Waals surface area (Å²) in [6.45, 7) is 3.33. The zero-order chi connectivity index (χ0) is 10.3. The molecule has 0 saturated carbocycles. The molecule has 0 N–H and O–H groups in total. The molecule has 0 aliphatic carbocycles. The number of hydrogen-bond acceptors (Lipinski definition) is 4. The monoisotopic (exact) mass is 196 g/mol. The van der Waals surface area contributed by atoms with Crippen LogP contribution < -0.4 is 0 Å². The van der Waals surface area contributed by atoms with Gasteiger partial charge in [-0.15, -0.1) is 0 Å². The number of fused-ring (bicyclic) bond motifs is 1. The summed E-state index contributed by atoms with van der Waals surface area (Å²) in [5.74, 6) is 0.410. The molecule has 1 fully saturated rings. The number of rotatable bonds is 1. The maximum atomic E-state index is 11.3. The molecule has 2 atom stereocenters. The van der Waals surface area contributed by atoms with Crippen LogP contribution in [0.2, 0.25) is 0 Å². The Balaban J connectivity index is 2.27. The van der Waals surface area contributed by atoms with Gasteiger partial charge in [-0.3, -0.25) is 9.59 Å². The first-order valence-corrected chi connectivity index (χ1v) is 4.61. The zero-order valence-electron chi connectivity index (χ0n) is 8.20. The van der Waals surface area contributed by atoms with E-state index in [0.29, 0.717) is 17.8 Å². The lowest BCUT2D eigenvalue weighted by atomic mass is 9.90. The van der Waals surface area contributed by atoms with Crippen molar-refractivity contribution in [2.75, 3.05) is 6.61 Å². The van der Waals surface area contributed by atoms with E-state index in [1.54, 1.807) is 6.92 Å². The van der Waals surface area contributed by atoms with Crippen LogP contribution in [0, 0.1) is 5.92 Å². The highest BCUT2D eigenvalue weighted by Gasteiger charge is 2.42. The second-order valence-corrected chi connectivity index (χ2v) is 3.67. The normalized spacial score (nSPS) is 31.4. The van der Waals surface area contributed by atoms with Crippen molar-refractivity contribution in [2.24, 2.45) is 5.92 Å². The van der Waals surface area contributed by atoms with Gasteiger partial charge in [-0.1, -0.05) is 0 Å². The topological polar surface area (TPSA) is 52.6 Å². The van der Waals surface area contributed by atoms with Gasteiger partial charge in [0.25, 0.3) is 0 Å². The molecule has 0 amide bonds. The lowest BCUT2D eigenvalue weighted by molar-refractivity contribution is -0.164. The Kier molecular flexibility index (Phi) is 2.15. The Morgan fingerprint density at radius 3 is 2.86 bits per heavy atom. The van der Waals surface area contributed by atoms with Crippen molar-refractivity contribution < 1.29 is 19.1 Å². The molecule has 2 heterocycles. The molecule has 2 aliphatic rings. The maximum Gasteiger partial charge on any atom is 0.207 e. The van der Waals surface area contributed by atoms with Gasteiger partial charge in [-0.25, -0.2) is 0 Å². The van der Waals surface area contributed by atoms with Gasteiger partial charge in [0, 0.05) is 12.0 Å². The molecule has 0 bridgehead atoms. The third kappa shape index (κ3) is 1.35. The molecule has 2 aliphatic heterocycles. The molecule has 14 heavy (non-hydrogen) atoms. The molecule has 0 aromatic carbocycles. The minimum absolute atomic E-state index is 0.0308. The van der Waals surface area contributed by atoms with Crippen LogP contribution in [-0.2, 0) is 19.1 Å². The Hall–Kier alpha value is -1.16. The van der Waals surface area contributed by atoms with Crippen molar-refractivity contribution in [2.45, 2.75) is 26.6 Å². The minimum atomic E-state index is -0.424. The summed E-state index contributed by atoms with van der Waals surface area (Å²) in [5.41, 5.74) is 0.614. The maximum absolute atomic E-state index is 11.3. The smallest absolute Gasteiger partial charge is 0.207 e. The highest BCUT2D eigenvalue weighted by atomic mass is 16.7. The van der Waals surface area contributed by atoms with Crippen LogP contribution in [-0.4, -0.2) is 24.5 Å². The number of hydrogen-bond donors (Lipinski definition) is 0. The average molecular weight is 196 g/mol. The van der Waals surface area contributed by atoms with E-state index in [0.717, 1.165) is 0 Å². The van der Waals surface area contributed by atoms with Gasteiger partial charge in [0.05, 0.1) is 5.92 Å². The van der Waals surface area contributed by atoms with Crippen molar-refractivity contribution in [1.29, 1.82) is 0 Å². The summed E-state index contributed by atoms with van der Waals surface area (Å²) < 4.78 is 10.6. The lowest BCUT2D eigenvalue weighted by Crippen LogP contribution is -2.34. The van der Waals surface area contributed by atoms with E-state index in [1.165, 1.54) is 6.92 Å². The van der Waals surface area contributed by atoms with E-state index in [9.17, 15) is 9.59 Å². The molecule has 4 heteroatoms. The standard InChI is InChI=1S/C10H12O4/c1-5(11)9-6(2)14-10-8(9)3-7(12)4-13-10/h8,10H,3-4H2,1-2H3/t8-,10+/m1/s1. The molecule has 0 aromatic rings. The molecule has 0 unspecified atom stereocenters. The van der Waals surface area contributed by atoms with Crippen LogP contribution in [0.5, 0.6) is 0 Å². The number of ketones is 2. The van der Waals surface area contributed by atoms with E-state index >= 15 is 0 Å². The first-order valence-electron chi connectivity index (χ1n) is 4.61. The molecule has 0 spiro atoms. The van der Waals surface area contributed by atoms with E-state index in [2.05, 4.69) is 0 Å². The first kappa shape index (κ1) is 9.40. The van der Waals surface area contributed by atoms with Gasteiger partial charge in [0.1, 0.15) is 12.4 Å². The summed E-state index contributed by atoms with van der Waals surface area (Å²) in [6, 6.07) is 0. The SMILES string of the molecule is CC(=O)C1=C(C)O[C@@H]2OCC(=O)C[C@H]12. The summed E-state index contributed by atoms with van der Waals surface area (Å²) in [7, 11) is 0. The van der Waals surface area contributed by atoms with Crippen LogP contribution >= 0.6 is 0 Å². The Bertz CT molecular complexity index is 329. The van der Waals surface area contributed by atoms with Crippen molar-refractivity contribution in [3.63, 3.8) is 0 Å². The number of carbonyl (C=O) groups is 2. The summed E-state index contributed by atoms with van der Waals surface area (Å²) in [5, 5.41) is 0. The fourth-order valence-corrected chi connectivity index (χ4v) is 2.05. The van der Waals surface area contributed by atoms with Crippen molar-refractivity contribution in [1.82, 2.24) is 0 Å². The van der Waals surface area contributed by atoms with Crippen LogP contribution in [0.4, 0.5) is 0 Å². The highest BCUT2D eigenvalue weighted by Crippen LogP contribution is 2.36. The van der Waals surface area contributed by atoms with E-state index in [4.69, 9.17) is 9.47 Å². The first-order chi connectivity index (χ1) is 6.59. The van der Waals surface area contributed by atoms with Crippen LogP contribution in [0.3, 0.4) is 0 Å². The molecule has 76 valence electrons. The Morgan fingerprint density at radius 1 is 1.50 bits per heavy atom. The Labute approximate surface area is 81.9 Å². The van der Waals surface area contributed by atoms with Crippen molar-refractivity contribution in [3.05, 3.63) is 11.3 Å². The quantitative estimate of drug-likeness (QED) is 0.622. The summed E-state index contributed by atoms with van der Waals surface area (Å²) in [4.78, 5) is 22.5. The molecular weight excluding hydrogens is 184 g/mol. The second-order valence-electron chi connectivity index (χ2n) is 3.67. The van der Waals surface area contributed by atoms with Crippen molar-refractivity contribution in [3.8, 4) is 0 Å². The minimum Gasteiger partial charge on any atom is -0.468 e. The predicted octanol–water partition coefficient (Wildman–Crippen LogP) is 0.811. The number of Topliss-reactive ketones (excluding diaryl/α,β-unsaturated/α-hetero) is 2. The third-order valence-electron chi connectivity index (χ3n) is 2.61. The van der Waals surface area contributed by atoms with Crippen LogP contribution in [0.25, 0.3) is 0 Å². The summed E-state index contributed by atoms with van der Waals surface area (Å²) in [6.07, 6.45) is -0.0664. The van der Waals surface area contributed by atoms with Gasteiger partial charge < -0.3 is 9.47 Å². The van der Waals surface area contributed by atoms with E-state index in [-0.39, 0.29) is 24.1 Å². The fraction of sp³-hybridized carbons (Fsp3) is 0.600. The molecule has 0 radical (unpaired) electrons. The molecule has 1 saturated heterocycles. The second kappa shape index (κ2) is 3.20. The van der Waals surface area contributed by atoms with Gasteiger partial charge in [0.15, 0.2) is 11.6 Å². The van der Waals surface area contributed by atoms with E-state index in [1.807, 2.05) is 0 Å². The molecular formula is C10H12O4. The largest absolute Gasteiger partial charge is 0.468 e. The number of ether oxygens (including phenoxy) is 2. The number of carbonyl (C=O) groups excluding carboxylic acids is 2.